The number of nitrogens with one attached hydrogen (secondary N) is 1. The van der Waals surface area contributed by atoms with Gasteiger partial charge in [-0.3, -0.25) is 0 Å². The Morgan fingerprint density at radius 2 is 1.63 bits per heavy atom. The van der Waals surface area contributed by atoms with E-state index in [0.717, 1.165) is 10.0 Å². The molecule has 0 saturated heterocycles. The third-order valence-electron chi connectivity index (χ3n) is 3.64. The fourth-order valence-electron chi connectivity index (χ4n) is 2.30. The molecular weight excluding hydrogens is 428 g/mol. The highest BCUT2D eigenvalue weighted by Crippen LogP contribution is 2.23. The van der Waals surface area contributed by atoms with Crippen molar-refractivity contribution < 1.29 is 13.2 Å². The summed E-state index contributed by atoms with van der Waals surface area (Å²) in [6, 6.07) is 23.3. The number of benzene rings is 3. The Morgan fingerprint density at radius 3 is 2.33 bits per heavy atom. The molecule has 0 aromatic heterocycles. The molecule has 7 heteroatoms. The van der Waals surface area contributed by atoms with Gasteiger partial charge in [0.25, 0.3) is 10.0 Å². The van der Waals surface area contributed by atoms with Crippen LogP contribution in [0.15, 0.2) is 93.3 Å². The molecule has 0 aliphatic carbocycles. The SMILES string of the molecule is O=S(=O)(N/N=C/c1cc(Br)ccc1OCc1ccccc1)c1ccccc1. The van der Waals surface area contributed by atoms with Crippen LogP contribution in [0.5, 0.6) is 5.75 Å². The second kappa shape index (κ2) is 8.83. The molecule has 1 N–H and O–H groups in total. The third kappa shape index (κ3) is 5.42. The predicted octanol–water partition coefficient (Wildman–Crippen LogP) is 4.34. The number of hydrazone groups is 1. The lowest BCUT2D eigenvalue weighted by Crippen LogP contribution is -2.18. The second-order valence-electron chi connectivity index (χ2n) is 5.62. The first-order valence-electron chi connectivity index (χ1n) is 8.11. The van der Waals surface area contributed by atoms with Crippen LogP contribution in [0.4, 0.5) is 0 Å². The van der Waals surface area contributed by atoms with Crippen molar-refractivity contribution in [2.45, 2.75) is 11.5 Å². The Balaban J connectivity index is 1.74. The summed E-state index contributed by atoms with van der Waals surface area (Å²) in [6.07, 6.45) is 1.42. The molecule has 0 radical (unpaired) electrons. The van der Waals surface area contributed by atoms with Gasteiger partial charge in [0.2, 0.25) is 0 Å². The van der Waals surface area contributed by atoms with E-state index in [4.69, 9.17) is 4.74 Å². The van der Waals surface area contributed by atoms with Crippen LogP contribution in [-0.4, -0.2) is 14.6 Å². The van der Waals surface area contributed by atoms with Crippen LogP contribution in [0.25, 0.3) is 0 Å². The molecule has 0 heterocycles. The molecule has 138 valence electrons. The number of sulfonamides is 1. The lowest BCUT2D eigenvalue weighted by atomic mass is 10.2. The lowest BCUT2D eigenvalue weighted by Gasteiger charge is -2.10. The monoisotopic (exact) mass is 444 g/mol. The Bertz CT molecular complexity index is 1020. The van der Waals surface area contributed by atoms with Gasteiger partial charge in [-0.05, 0) is 35.9 Å². The Hall–Kier alpha value is -2.64. The van der Waals surface area contributed by atoms with Gasteiger partial charge in [-0.2, -0.15) is 13.5 Å². The summed E-state index contributed by atoms with van der Waals surface area (Å²) in [5, 5.41) is 3.88. The summed E-state index contributed by atoms with van der Waals surface area (Å²) >= 11 is 3.40. The lowest BCUT2D eigenvalue weighted by molar-refractivity contribution is 0.305. The van der Waals surface area contributed by atoms with Crippen molar-refractivity contribution in [3.8, 4) is 5.75 Å². The molecule has 0 aliphatic rings. The molecule has 3 rings (SSSR count). The summed E-state index contributed by atoms with van der Waals surface area (Å²) in [7, 11) is -3.71. The van der Waals surface area contributed by atoms with Gasteiger partial charge in [0.15, 0.2) is 0 Å². The highest BCUT2D eigenvalue weighted by Gasteiger charge is 2.11. The maximum Gasteiger partial charge on any atom is 0.276 e. The van der Waals surface area contributed by atoms with Gasteiger partial charge in [-0.25, -0.2) is 4.83 Å². The van der Waals surface area contributed by atoms with Crippen molar-refractivity contribution in [2.24, 2.45) is 5.10 Å². The van der Waals surface area contributed by atoms with Crippen molar-refractivity contribution in [3.05, 3.63) is 94.5 Å². The highest BCUT2D eigenvalue weighted by atomic mass is 79.9. The van der Waals surface area contributed by atoms with Crippen LogP contribution in [0.1, 0.15) is 11.1 Å². The fourth-order valence-corrected chi connectivity index (χ4v) is 3.50. The van der Waals surface area contributed by atoms with Crippen LogP contribution < -0.4 is 9.57 Å². The minimum atomic E-state index is -3.71. The number of hydrogen-bond donors (Lipinski definition) is 1. The minimum absolute atomic E-state index is 0.150. The maximum atomic E-state index is 12.2. The van der Waals surface area contributed by atoms with Crippen LogP contribution >= 0.6 is 15.9 Å². The van der Waals surface area contributed by atoms with E-state index in [9.17, 15) is 8.42 Å². The summed E-state index contributed by atoms with van der Waals surface area (Å²) < 4.78 is 31.1. The molecule has 3 aromatic carbocycles. The smallest absolute Gasteiger partial charge is 0.276 e. The molecule has 0 bridgehead atoms. The van der Waals surface area contributed by atoms with Gasteiger partial charge in [-0.15, -0.1) is 0 Å². The zero-order valence-electron chi connectivity index (χ0n) is 14.2. The second-order valence-corrected chi connectivity index (χ2v) is 8.20. The molecule has 0 fully saturated rings. The summed E-state index contributed by atoms with van der Waals surface area (Å²) in [5.41, 5.74) is 1.68. The van der Waals surface area contributed by atoms with E-state index in [1.807, 2.05) is 36.4 Å². The van der Waals surface area contributed by atoms with E-state index in [1.165, 1.54) is 18.3 Å². The normalized spacial score (nSPS) is 11.4. The van der Waals surface area contributed by atoms with Crippen LogP contribution in [-0.2, 0) is 16.6 Å². The van der Waals surface area contributed by atoms with Crippen molar-refractivity contribution in [1.82, 2.24) is 4.83 Å². The molecule has 3 aromatic rings. The van der Waals surface area contributed by atoms with Gasteiger partial charge < -0.3 is 4.74 Å². The van der Waals surface area contributed by atoms with Crippen molar-refractivity contribution >= 4 is 32.2 Å². The molecule has 0 amide bonds. The fraction of sp³-hybridized carbons (Fsp3) is 0.0500. The minimum Gasteiger partial charge on any atom is -0.488 e. The van der Waals surface area contributed by atoms with Crippen molar-refractivity contribution in [3.63, 3.8) is 0 Å². The molecule has 0 saturated carbocycles. The first kappa shape index (κ1) is 19.1. The zero-order chi connectivity index (χ0) is 19.1. The first-order valence-corrected chi connectivity index (χ1v) is 10.4. The van der Waals surface area contributed by atoms with E-state index in [0.29, 0.717) is 17.9 Å². The maximum absolute atomic E-state index is 12.2. The Kier molecular flexibility index (Phi) is 6.26. The van der Waals surface area contributed by atoms with Gasteiger partial charge in [0.1, 0.15) is 12.4 Å². The van der Waals surface area contributed by atoms with Crippen LogP contribution in [0.2, 0.25) is 0 Å². The van der Waals surface area contributed by atoms with Gasteiger partial charge in [-0.1, -0.05) is 64.5 Å². The zero-order valence-corrected chi connectivity index (χ0v) is 16.7. The quantitative estimate of drug-likeness (QED) is 0.435. The first-order chi connectivity index (χ1) is 13.0. The number of hydrogen-bond acceptors (Lipinski definition) is 4. The average Bonchev–Trinajstić information content (AvgIpc) is 2.69. The highest BCUT2D eigenvalue weighted by molar-refractivity contribution is 9.10. The molecule has 0 spiro atoms. The topological polar surface area (TPSA) is 67.8 Å². The van der Waals surface area contributed by atoms with E-state index < -0.39 is 10.0 Å². The summed E-state index contributed by atoms with van der Waals surface area (Å²) in [4.78, 5) is 2.37. The van der Waals surface area contributed by atoms with Gasteiger partial charge in [0.05, 0.1) is 11.1 Å². The average molecular weight is 445 g/mol. The standard InChI is InChI=1S/C20H17BrN2O3S/c21-18-11-12-20(26-15-16-7-3-1-4-8-16)17(13-18)14-22-23-27(24,25)19-9-5-2-6-10-19/h1-14,23H,15H2/b22-14+. The van der Waals surface area contributed by atoms with Crippen molar-refractivity contribution in [2.75, 3.05) is 0 Å². The number of nitrogens with zero attached hydrogens (tertiary/aromatic N) is 1. The largest absolute Gasteiger partial charge is 0.488 e. The Labute approximate surface area is 166 Å². The molecular formula is C20H17BrN2O3S. The predicted molar refractivity (Wildman–Crippen MR) is 109 cm³/mol. The molecule has 0 unspecified atom stereocenters. The van der Waals surface area contributed by atoms with Gasteiger partial charge in [0, 0.05) is 10.0 Å². The molecule has 0 aliphatic heterocycles. The summed E-state index contributed by atoms with van der Waals surface area (Å²) in [6.45, 7) is 0.402. The molecule has 0 atom stereocenters. The van der Waals surface area contributed by atoms with E-state index in [2.05, 4.69) is 25.9 Å². The number of rotatable bonds is 7. The van der Waals surface area contributed by atoms with Crippen LogP contribution in [0, 0.1) is 0 Å². The third-order valence-corrected chi connectivity index (χ3v) is 5.37. The summed E-state index contributed by atoms with van der Waals surface area (Å²) in [5.74, 6) is 0.602. The van der Waals surface area contributed by atoms with Crippen LogP contribution in [0.3, 0.4) is 0 Å². The van der Waals surface area contributed by atoms with E-state index in [-0.39, 0.29) is 4.90 Å². The molecule has 27 heavy (non-hydrogen) atoms. The number of ether oxygens (including phenoxy) is 1. The molecule has 5 nitrogen and oxygen atoms in total. The van der Waals surface area contributed by atoms with Crippen molar-refractivity contribution in [1.29, 1.82) is 0 Å². The van der Waals surface area contributed by atoms with E-state index in [1.54, 1.807) is 30.3 Å². The Morgan fingerprint density at radius 1 is 0.963 bits per heavy atom. The van der Waals surface area contributed by atoms with Gasteiger partial charge >= 0.3 is 0 Å². The van der Waals surface area contributed by atoms with E-state index >= 15 is 0 Å². The number of halogens is 1.